The van der Waals surface area contributed by atoms with Gasteiger partial charge >= 0.3 is 0 Å². The lowest BCUT2D eigenvalue weighted by Crippen LogP contribution is -2.32. The van der Waals surface area contributed by atoms with Crippen LogP contribution >= 0.6 is 0 Å². The fourth-order valence-corrected chi connectivity index (χ4v) is 3.77. The second-order valence-corrected chi connectivity index (χ2v) is 7.79. The van der Waals surface area contributed by atoms with Gasteiger partial charge in [-0.3, -0.25) is 4.98 Å². The Morgan fingerprint density at radius 2 is 1.81 bits per heavy atom. The molecule has 10 heteroatoms. The zero-order chi connectivity index (χ0) is 19.6. The molecule has 0 saturated heterocycles. The molecule has 0 amide bonds. The highest BCUT2D eigenvalue weighted by Crippen LogP contribution is 2.26. The van der Waals surface area contributed by atoms with Crippen LogP contribution in [-0.2, 0) is 10.0 Å². The predicted octanol–water partition coefficient (Wildman–Crippen LogP) is 3.09. The van der Waals surface area contributed by atoms with Crippen molar-refractivity contribution < 1.29 is 21.7 Å². The van der Waals surface area contributed by atoms with Crippen molar-refractivity contribution in [3.8, 4) is 11.4 Å². The summed E-state index contributed by atoms with van der Waals surface area (Å²) in [5.74, 6) is -2.04. The molecule has 7 nitrogen and oxygen atoms in total. The van der Waals surface area contributed by atoms with Crippen LogP contribution in [0, 0.1) is 17.6 Å². The summed E-state index contributed by atoms with van der Waals surface area (Å²) < 4.78 is 59.6. The molecule has 0 aliphatic heterocycles. The van der Waals surface area contributed by atoms with Crippen molar-refractivity contribution in [2.75, 3.05) is 0 Å². The SMILES string of the molecule is CC(C)[C@H](NS(=O)(=O)c1ccc(F)cc1F)c1nc(-c2ccncc2)no1. The van der Waals surface area contributed by atoms with E-state index in [2.05, 4.69) is 19.8 Å². The van der Waals surface area contributed by atoms with Gasteiger partial charge in [0.2, 0.25) is 21.7 Å². The van der Waals surface area contributed by atoms with Crippen LogP contribution in [0.25, 0.3) is 11.4 Å². The zero-order valence-electron chi connectivity index (χ0n) is 14.4. The van der Waals surface area contributed by atoms with Gasteiger partial charge in [-0.05, 0) is 30.2 Å². The van der Waals surface area contributed by atoms with E-state index < -0.39 is 32.6 Å². The molecule has 142 valence electrons. The summed E-state index contributed by atoms with van der Waals surface area (Å²) in [6, 6.07) is 4.70. The standard InChI is InChI=1S/C17H16F2N4O3S/c1-10(2)15(17-21-16(22-26-17)11-5-7-20-8-6-11)23-27(24,25)14-4-3-12(18)9-13(14)19/h3-10,15,23H,1-2H3/t15-/m0/s1. The average Bonchev–Trinajstić information content (AvgIpc) is 3.09. The highest BCUT2D eigenvalue weighted by molar-refractivity contribution is 7.89. The Morgan fingerprint density at radius 1 is 1.11 bits per heavy atom. The minimum absolute atomic E-state index is 0.0305. The summed E-state index contributed by atoms with van der Waals surface area (Å²) in [5, 5.41) is 3.85. The van der Waals surface area contributed by atoms with Gasteiger partial charge in [0.1, 0.15) is 22.6 Å². The van der Waals surface area contributed by atoms with Crippen LogP contribution in [0.1, 0.15) is 25.8 Å². The van der Waals surface area contributed by atoms with Crippen molar-refractivity contribution >= 4 is 10.0 Å². The second kappa shape index (κ2) is 7.49. The Bertz CT molecular complexity index is 1040. The number of hydrogen-bond donors (Lipinski definition) is 1. The third-order valence-corrected chi connectivity index (χ3v) is 5.25. The van der Waals surface area contributed by atoms with Crippen LogP contribution in [0.2, 0.25) is 0 Å². The van der Waals surface area contributed by atoms with Gasteiger partial charge in [-0.1, -0.05) is 19.0 Å². The fourth-order valence-electron chi connectivity index (χ4n) is 2.38. The van der Waals surface area contributed by atoms with Crippen LogP contribution in [-0.4, -0.2) is 23.5 Å². The highest BCUT2D eigenvalue weighted by Gasteiger charge is 2.30. The number of nitrogens with zero attached hydrogens (tertiary/aromatic N) is 3. The normalized spacial score (nSPS) is 13.1. The van der Waals surface area contributed by atoms with Crippen LogP contribution < -0.4 is 4.72 Å². The molecule has 0 bridgehead atoms. The lowest BCUT2D eigenvalue weighted by Gasteiger charge is -2.18. The van der Waals surface area contributed by atoms with E-state index in [0.717, 1.165) is 12.1 Å². The molecule has 0 aliphatic rings. The first kappa shape index (κ1) is 19.1. The molecule has 3 rings (SSSR count). The topological polar surface area (TPSA) is 98.0 Å². The molecule has 1 N–H and O–H groups in total. The van der Waals surface area contributed by atoms with Gasteiger partial charge in [0.15, 0.2) is 0 Å². The number of nitrogens with one attached hydrogen (secondary N) is 1. The quantitative estimate of drug-likeness (QED) is 0.690. The van der Waals surface area contributed by atoms with Gasteiger partial charge in [0.05, 0.1) is 0 Å². The van der Waals surface area contributed by atoms with Gasteiger partial charge < -0.3 is 4.52 Å². The molecule has 0 spiro atoms. The molecular formula is C17H16F2N4O3S. The third kappa shape index (κ3) is 4.17. The number of rotatable bonds is 6. The van der Waals surface area contributed by atoms with Crippen LogP contribution in [0.4, 0.5) is 8.78 Å². The fraction of sp³-hybridized carbons (Fsp3) is 0.235. The van der Waals surface area contributed by atoms with Crippen molar-refractivity contribution in [3.63, 3.8) is 0 Å². The van der Waals surface area contributed by atoms with Crippen LogP contribution in [0.5, 0.6) is 0 Å². The van der Waals surface area contributed by atoms with Crippen molar-refractivity contribution in [3.05, 3.63) is 60.3 Å². The molecule has 3 aromatic rings. The van der Waals surface area contributed by atoms with E-state index in [1.807, 2.05) is 0 Å². The average molecular weight is 394 g/mol. The summed E-state index contributed by atoms with van der Waals surface area (Å²) in [5.41, 5.74) is 0.648. The Kier molecular flexibility index (Phi) is 5.29. The summed E-state index contributed by atoms with van der Waals surface area (Å²) in [4.78, 5) is 7.46. The Balaban J connectivity index is 1.92. The maximum atomic E-state index is 13.9. The van der Waals surface area contributed by atoms with Crippen molar-refractivity contribution in [1.29, 1.82) is 0 Å². The van der Waals surface area contributed by atoms with E-state index >= 15 is 0 Å². The lowest BCUT2D eigenvalue weighted by molar-refractivity contribution is 0.311. The van der Waals surface area contributed by atoms with E-state index in [4.69, 9.17) is 4.52 Å². The molecule has 0 radical (unpaired) electrons. The van der Waals surface area contributed by atoms with Crippen molar-refractivity contribution in [2.45, 2.75) is 24.8 Å². The minimum Gasteiger partial charge on any atom is -0.337 e. The molecule has 0 aliphatic carbocycles. The van der Waals surface area contributed by atoms with Gasteiger partial charge in [0.25, 0.3) is 0 Å². The number of hydrogen-bond acceptors (Lipinski definition) is 6. The minimum atomic E-state index is -4.28. The first-order valence-electron chi connectivity index (χ1n) is 7.99. The summed E-state index contributed by atoms with van der Waals surface area (Å²) >= 11 is 0. The zero-order valence-corrected chi connectivity index (χ0v) is 15.2. The van der Waals surface area contributed by atoms with Crippen LogP contribution in [0.3, 0.4) is 0 Å². The third-order valence-electron chi connectivity index (χ3n) is 3.78. The van der Waals surface area contributed by atoms with Crippen LogP contribution in [0.15, 0.2) is 52.1 Å². The van der Waals surface area contributed by atoms with Gasteiger partial charge in [-0.15, -0.1) is 0 Å². The Hall–Kier alpha value is -2.72. The van der Waals surface area contributed by atoms with Crippen molar-refractivity contribution in [2.24, 2.45) is 5.92 Å². The molecule has 2 aromatic heterocycles. The van der Waals surface area contributed by atoms with Gasteiger partial charge in [-0.2, -0.15) is 9.71 Å². The Labute approximate surface area is 154 Å². The molecule has 0 unspecified atom stereocenters. The van der Waals surface area contributed by atoms with E-state index in [1.54, 1.807) is 38.4 Å². The number of sulfonamides is 1. The lowest BCUT2D eigenvalue weighted by atomic mass is 10.1. The summed E-state index contributed by atoms with van der Waals surface area (Å²) in [6.45, 7) is 3.48. The van der Waals surface area contributed by atoms with E-state index in [1.165, 1.54) is 0 Å². The van der Waals surface area contributed by atoms with E-state index in [0.29, 0.717) is 11.6 Å². The molecule has 0 saturated carbocycles. The Morgan fingerprint density at radius 3 is 2.44 bits per heavy atom. The maximum absolute atomic E-state index is 13.9. The predicted molar refractivity (Wildman–Crippen MR) is 91.8 cm³/mol. The molecule has 0 fully saturated rings. The molecule has 1 atom stereocenters. The smallest absolute Gasteiger partial charge is 0.245 e. The van der Waals surface area contributed by atoms with Gasteiger partial charge in [-0.25, -0.2) is 17.2 Å². The number of aromatic nitrogens is 3. The maximum Gasteiger partial charge on any atom is 0.245 e. The summed E-state index contributed by atoms with van der Waals surface area (Å²) in [6.07, 6.45) is 3.12. The largest absolute Gasteiger partial charge is 0.337 e. The highest BCUT2D eigenvalue weighted by atomic mass is 32.2. The second-order valence-electron chi connectivity index (χ2n) is 6.11. The van der Waals surface area contributed by atoms with Gasteiger partial charge in [0, 0.05) is 24.0 Å². The van der Waals surface area contributed by atoms with E-state index in [-0.39, 0.29) is 17.6 Å². The number of pyridine rings is 1. The molecule has 1 aromatic carbocycles. The number of halogens is 2. The monoisotopic (exact) mass is 394 g/mol. The van der Waals surface area contributed by atoms with E-state index in [9.17, 15) is 17.2 Å². The molecule has 2 heterocycles. The first-order valence-corrected chi connectivity index (χ1v) is 9.47. The molecule has 27 heavy (non-hydrogen) atoms. The summed E-state index contributed by atoms with van der Waals surface area (Å²) in [7, 11) is -4.28. The molecular weight excluding hydrogens is 378 g/mol. The first-order chi connectivity index (χ1) is 12.8. The number of benzene rings is 1. The van der Waals surface area contributed by atoms with Crippen molar-refractivity contribution in [1.82, 2.24) is 19.8 Å².